The van der Waals surface area contributed by atoms with Gasteiger partial charge in [0.15, 0.2) is 0 Å². The SMILES string of the molecule is COc1cc(C)c(C(C)NC(=O)c2cccc(S(=O)(=O)N3CCCC3)c2)cc1C(C)C. The lowest BCUT2D eigenvalue weighted by Crippen LogP contribution is -2.29. The van der Waals surface area contributed by atoms with E-state index in [0.717, 1.165) is 35.3 Å². The number of ether oxygens (including phenoxy) is 1. The lowest BCUT2D eigenvalue weighted by molar-refractivity contribution is 0.0939. The lowest BCUT2D eigenvalue weighted by Gasteiger charge is -2.21. The van der Waals surface area contributed by atoms with Gasteiger partial charge in [-0.3, -0.25) is 4.79 Å². The first kappa shape index (κ1) is 23.3. The second-order valence-electron chi connectivity index (χ2n) is 8.44. The van der Waals surface area contributed by atoms with E-state index in [2.05, 4.69) is 25.2 Å². The van der Waals surface area contributed by atoms with Gasteiger partial charge in [0.2, 0.25) is 10.0 Å². The normalized spacial score (nSPS) is 15.8. The van der Waals surface area contributed by atoms with Crippen LogP contribution in [0, 0.1) is 6.92 Å². The van der Waals surface area contributed by atoms with Crippen LogP contribution in [0.5, 0.6) is 5.75 Å². The molecule has 0 aliphatic carbocycles. The highest BCUT2D eigenvalue weighted by Gasteiger charge is 2.28. The molecule has 2 aromatic carbocycles. The van der Waals surface area contributed by atoms with Gasteiger partial charge in [-0.15, -0.1) is 0 Å². The number of aryl methyl sites for hydroxylation is 1. The third-order valence-corrected chi connectivity index (χ3v) is 7.75. The predicted octanol–water partition coefficient (Wildman–Crippen LogP) is 4.40. The Hall–Kier alpha value is -2.38. The minimum absolute atomic E-state index is 0.164. The Bertz CT molecular complexity index is 1060. The van der Waals surface area contributed by atoms with Crippen molar-refractivity contribution in [3.05, 3.63) is 58.7 Å². The van der Waals surface area contributed by atoms with E-state index in [1.807, 2.05) is 19.9 Å². The molecule has 6 nitrogen and oxygen atoms in total. The van der Waals surface area contributed by atoms with Gasteiger partial charge >= 0.3 is 0 Å². The number of amides is 1. The molecule has 2 aromatic rings. The van der Waals surface area contributed by atoms with E-state index in [1.165, 1.54) is 10.4 Å². The zero-order chi connectivity index (χ0) is 22.8. The van der Waals surface area contributed by atoms with Crippen LogP contribution in [-0.4, -0.2) is 38.8 Å². The maximum atomic E-state index is 12.9. The summed E-state index contributed by atoms with van der Waals surface area (Å²) < 4.78 is 32.7. The number of hydrogen-bond donors (Lipinski definition) is 1. The Labute approximate surface area is 185 Å². The van der Waals surface area contributed by atoms with Gasteiger partial charge in [0.05, 0.1) is 18.0 Å². The van der Waals surface area contributed by atoms with Crippen LogP contribution in [0.1, 0.15) is 72.6 Å². The third kappa shape index (κ3) is 4.93. The average Bonchev–Trinajstić information content (AvgIpc) is 3.29. The van der Waals surface area contributed by atoms with Crippen molar-refractivity contribution in [2.75, 3.05) is 20.2 Å². The molecule has 1 unspecified atom stereocenters. The highest BCUT2D eigenvalue weighted by atomic mass is 32.2. The predicted molar refractivity (Wildman–Crippen MR) is 122 cm³/mol. The molecule has 31 heavy (non-hydrogen) atoms. The first-order valence-corrected chi connectivity index (χ1v) is 12.2. The van der Waals surface area contributed by atoms with Gasteiger partial charge in [-0.2, -0.15) is 4.31 Å². The van der Waals surface area contributed by atoms with E-state index >= 15 is 0 Å². The molecule has 1 fully saturated rings. The summed E-state index contributed by atoms with van der Waals surface area (Å²) in [6, 6.07) is 10.1. The van der Waals surface area contributed by atoms with Gasteiger partial charge in [0, 0.05) is 18.7 Å². The average molecular weight is 445 g/mol. The van der Waals surface area contributed by atoms with Crippen LogP contribution in [0.15, 0.2) is 41.3 Å². The molecule has 0 aromatic heterocycles. The zero-order valence-corrected chi connectivity index (χ0v) is 19.8. The van der Waals surface area contributed by atoms with Crippen LogP contribution in [0.25, 0.3) is 0 Å². The van der Waals surface area contributed by atoms with E-state index < -0.39 is 10.0 Å². The fraction of sp³-hybridized carbons (Fsp3) is 0.458. The van der Waals surface area contributed by atoms with E-state index in [0.29, 0.717) is 18.7 Å². The Morgan fingerprint density at radius 3 is 2.35 bits per heavy atom. The number of rotatable bonds is 7. The van der Waals surface area contributed by atoms with Crippen molar-refractivity contribution >= 4 is 15.9 Å². The van der Waals surface area contributed by atoms with Crippen molar-refractivity contribution in [3.8, 4) is 5.75 Å². The number of benzene rings is 2. The molecule has 168 valence electrons. The molecule has 1 atom stereocenters. The zero-order valence-electron chi connectivity index (χ0n) is 18.9. The molecule has 1 heterocycles. The number of hydrogen-bond acceptors (Lipinski definition) is 4. The summed E-state index contributed by atoms with van der Waals surface area (Å²) in [5.41, 5.74) is 3.46. The van der Waals surface area contributed by atoms with Crippen molar-refractivity contribution in [2.24, 2.45) is 0 Å². The summed E-state index contributed by atoms with van der Waals surface area (Å²) in [4.78, 5) is 13.1. The Morgan fingerprint density at radius 1 is 1.06 bits per heavy atom. The van der Waals surface area contributed by atoms with Crippen molar-refractivity contribution in [2.45, 2.75) is 57.4 Å². The van der Waals surface area contributed by atoms with E-state index in [-0.39, 0.29) is 22.8 Å². The summed E-state index contributed by atoms with van der Waals surface area (Å²) in [6.45, 7) is 9.20. The molecule has 0 saturated carbocycles. The molecule has 0 radical (unpaired) electrons. The first-order chi connectivity index (χ1) is 14.6. The van der Waals surface area contributed by atoms with Gasteiger partial charge < -0.3 is 10.1 Å². The van der Waals surface area contributed by atoms with Crippen molar-refractivity contribution in [1.82, 2.24) is 9.62 Å². The fourth-order valence-corrected chi connectivity index (χ4v) is 5.61. The van der Waals surface area contributed by atoms with Crippen LogP contribution in [-0.2, 0) is 10.0 Å². The molecular weight excluding hydrogens is 412 g/mol. The molecule has 0 spiro atoms. The van der Waals surface area contributed by atoms with Crippen molar-refractivity contribution in [3.63, 3.8) is 0 Å². The maximum absolute atomic E-state index is 12.9. The molecule has 1 amide bonds. The Kier molecular flexibility index (Phi) is 7.06. The van der Waals surface area contributed by atoms with Crippen LogP contribution in [0.3, 0.4) is 0 Å². The van der Waals surface area contributed by atoms with E-state index in [4.69, 9.17) is 4.74 Å². The second kappa shape index (κ2) is 9.40. The van der Waals surface area contributed by atoms with Crippen molar-refractivity contribution < 1.29 is 17.9 Å². The van der Waals surface area contributed by atoms with Gasteiger partial charge in [-0.1, -0.05) is 19.9 Å². The highest BCUT2D eigenvalue weighted by molar-refractivity contribution is 7.89. The van der Waals surface area contributed by atoms with Gasteiger partial charge in [0.1, 0.15) is 5.75 Å². The summed E-state index contributed by atoms with van der Waals surface area (Å²) in [5.74, 6) is 0.826. The van der Waals surface area contributed by atoms with E-state index in [9.17, 15) is 13.2 Å². The quantitative estimate of drug-likeness (QED) is 0.687. The molecule has 1 N–H and O–H groups in total. The number of carbonyl (C=O) groups excluding carboxylic acids is 1. The number of carbonyl (C=O) groups is 1. The molecule has 0 bridgehead atoms. The monoisotopic (exact) mass is 444 g/mol. The summed E-state index contributed by atoms with van der Waals surface area (Å²) in [5, 5.41) is 3.02. The summed E-state index contributed by atoms with van der Waals surface area (Å²) >= 11 is 0. The molecule has 1 aliphatic heterocycles. The largest absolute Gasteiger partial charge is 0.496 e. The number of nitrogens with zero attached hydrogens (tertiary/aromatic N) is 1. The van der Waals surface area contributed by atoms with Crippen LogP contribution >= 0.6 is 0 Å². The Morgan fingerprint density at radius 2 is 1.74 bits per heavy atom. The lowest BCUT2D eigenvalue weighted by atomic mass is 9.93. The standard InChI is InChI=1S/C24H32N2O4S/c1-16(2)21-15-22(17(3)13-23(21)30-5)18(4)25-24(27)19-9-8-10-20(14-19)31(28,29)26-11-6-7-12-26/h8-10,13-16,18H,6-7,11-12H2,1-5H3,(H,25,27). The fourth-order valence-electron chi connectivity index (χ4n) is 4.04. The van der Waals surface area contributed by atoms with Crippen LogP contribution < -0.4 is 10.1 Å². The van der Waals surface area contributed by atoms with Gasteiger partial charge in [0.25, 0.3) is 5.91 Å². The van der Waals surface area contributed by atoms with Gasteiger partial charge in [-0.25, -0.2) is 8.42 Å². The molecule has 7 heteroatoms. The molecule has 3 rings (SSSR count). The van der Waals surface area contributed by atoms with E-state index in [1.54, 1.807) is 25.3 Å². The molecular formula is C24H32N2O4S. The van der Waals surface area contributed by atoms with Crippen LogP contribution in [0.4, 0.5) is 0 Å². The summed E-state index contributed by atoms with van der Waals surface area (Å²) in [6.07, 6.45) is 1.74. The molecule has 1 saturated heterocycles. The third-order valence-electron chi connectivity index (χ3n) is 5.85. The molecule has 1 aliphatic rings. The van der Waals surface area contributed by atoms with Gasteiger partial charge in [-0.05, 0) is 79.6 Å². The minimum atomic E-state index is -3.57. The smallest absolute Gasteiger partial charge is 0.251 e. The van der Waals surface area contributed by atoms with Crippen LogP contribution in [0.2, 0.25) is 0 Å². The second-order valence-corrected chi connectivity index (χ2v) is 10.4. The number of sulfonamides is 1. The maximum Gasteiger partial charge on any atom is 0.251 e. The minimum Gasteiger partial charge on any atom is -0.496 e. The topological polar surface area (TPSA) is 75.7 Å². The first-order valence-electron chi connectivity index (χ1n) is 10.7. The number of methoxy groups -OCH3 is 1. The Balaban J connectivity index is 1.83. The van der Waals surface area contributed by atoms with Crippen molar-refractivity contribution in [1.29, 1.82) is 0 Å². The summed E-state index contributed by atoms with van der Waals surface area (Å²) in [7, 11) is -1.90. The highest BCUT2D eigenvalue weighted by Crippen LogP contribution is 2.32. The number of nitrogens with one attached hydrogen (secondary N) is 1.